The van der Waals surface area contributed by atoms with Gasteiger partial charge in [0.2, 0.25) is 0 Å². The molecule has 0 bridgehead atoms. The number of methoxy groups -OCH3 is 1. The van der Waals surface area contributed by atoms with E-state index in [0.717, 1.165) is 17.9 Å². The molecule has 1 unspecified atom stereocenters. The molecule has 104 valence electrons. The highest BCUT2D eigenvalue weighted by atomic mass is 32.2. The van der Waals surface area contributed by atoms with E-state index in [9.17, 15) is 9.18 Å². The second kappa shape index (κ2) is 5.69. The first-order valence-electron chi connectivity index (χ1n) is 6.02. The van der Waals surface area contributed by atoms with Crippen LogP contribution < -0.4 is 10.6 Å². The van der Waals surface area contributed by atoms with Crippen molar-refractivity contribution < 1.29 is 13.9 Å². The number of rotatable bonds is 3. The summed E-state index contributed by atoms with van der Waals surface area (Å²) in [5.74, 6) is 1.08. The molecule has 1 aliphatic rings. The third-order valence-electron chi connectivity index (χ3n) is 3.36. The molecule has 2 N–H and O–H groups in total. The van der Waals surface area contributed by atoms with Gasteiger partial charge in [-0.25, -0.2) is 9.18 Å². The van der Waals surface area contributed by atoms with Crippen molar-refractivity contribution >= 4 is 29.1 Å². The standard InChI is InChI=1S/C13H17FN2O2S/c1-16(8-3-4-19-7-8)12-5-9(13(17)18-2)11(15)6-10(12)14/h5-6,8H,3-4,7,15H2,1-2H3. The second-order valence-electron chi connectivity index (χ2n) is 4.51. The fourth-order valence-electron chi connectivity index (χ4n) is 2.16. The number of nitrogens with two attached hydrogens (primary N) is 1. The van der Waals surface area contributed by atoms with E-state index in [1.807, 2.05) is 23.7 Å². The molecule has 0 saturated carbocycles. The second-order valence-corrected chi connectivity index (χ2v) is 5.66. The lowest BCUT2D eigenvalue weighted by Gasteiger charge is -2.27. The highest BCUT2D eigenvalue weighted by Crippen LogP contribution is 2.30. The summed E-state index contributed by atoms with van der Waals surface area (Å²) in [6.07, 6.45) is 1.01. The average molecular weight is 284 g/mol. The van der Waals surface area contributed by atoms with Gasteiger partial charge in [-0.15, -0.1) is 0 Å². The first-order valence-corrected chi connectivity index (χ1v) is 7.18. The molecule has 0 aromatic heterocycles. The van der Waals surface area contributed by atoms with Crippen LogP contribution in [0.15, 0.2) is 12.1 Å². The molecule has 1 aromatic rings. The minimum Gasteiger partial charge on any atom is -0.465 e. The minimum atomic E-state index is -0.548. The molecule has 0 spiro atoms. The Bertz CT molecular complexity index is 490. The molecule has 4 nitrogen and oxygen atoms in total. The normalized spacial score (nSPS) is 18.4. The SMILES string of the molecule is COC(=O)c1cc(N(C)C2CCSC2)c(F)cc1N. The van der Waals surface area contributed by atoms with Gasteiger partial charge in [-0.1, -0.05) is 0 Å². The van der Waals surface area contributed by atoms with Gasteiger partial charge in [-0.3, -0.25) is 0 Å². The first kappa shape index (κ1) is 14.0. The van der Waals surface area contributed by atoms with Gasteiger partial charge in [0.15, 0.2) is 0 Å². The summed E-state index contributed by atoms with van der Waals surface area (Å²) in [6.45, 7) is 0. The zero-order valence-electron chi connectivity index (χ0n) is 11.0. The maximum atomic E-state index is 14.0. The molecule has 0 aliphatic carbocycles. The molecular formula is C13H17FN2O2S. The summed E-state index contributed by atoms with van der Waals surface area (Å²) < 4.78 is 18.7. The zero-order valence-corrected chi connectivity index (χ0v) is 11.8. The summed E-state index contributed by atoms with van der Waals surface area (Å²) in [7, 11) is 3.12. The fraction of sp³-hybridized carbons (Fsp3) is 0.462. The van der Waals surface area contributed by atoms with Gasteiger partial charge in [-0.2, -0.15) is 11.8 Å². The molecule has 0 radical (unpaired) electrons. The van der Waals surface area contributed by atoms with E-state index in [4.69, 9.17) is 5.73 Å². The number of nitrogen functional groups attached to an aromatic ring is 1. The molecule has 1 aliphatic heterocycles. The number of carbonyl (C=O) groups excluding carboxylic acids is 1. The lowest BCUT2D eigenvalue weighted by atomic mass is 10.1. The number of benzene rings is 1. The van der Waals surface area contributed by atoms with Gasteiger partial charge in [0, 0.05) is 24.5 Å². The molecule has 19 heavy (non-hydrogen) atoms. The monoisotopic (exact) mass is 284 g/mol. The van der Waals surface area contributed by atoms with Crippen LogP contribution in [0.3, 0.4) is 0 Å². The molecule has 1 fully saturated rings. The van der Waals surface area contributed by atoms with Crippen molar-refractivity contribution in [3.8, 4) is 0 Å². The van der Waals surface area contributed by atoms with Crippen LogP contribution in [0.5, 0.6) is 0 Å². The molecule has 1 aromatic carbocycles. The quantitative estimate of drug-likeness (QED) is 0.681. The Morgan fingerprint density at radius 2 is 2.32 bits per heavy atom. The Kier molecular flexibility index (Phi) is 4.19. The summed E-state index contributed by atoms with van der Waals surface area (Å²) in [6, 6.07) is 2.94. The zero-order chi connectivity index (χ0) is 14.0. The van der Waals surface area contributed by atoms with Crippen molar-refractivity contribution in [2.75, 3.05) is 36.3 Å². The van der Waals surface area contributed by atoms with Crippen molar-refractivity contribution in [2.45, 2.75) is 12.5 Å². The van der Waals surface area contributed by atoms with E-state index >= 15 is 0 Å². The summed E-state index contributed by atoms with van der Waals surface area (Å²) >= 11 is 1.85. The van der Waals surface area contributed by atoms with Crippen LogP contribution >= 0.6 is 11.8 Å². The largest absolute Gasteiger partial charge is 0.465 e. The summed E-state index contributed by atoms with van der Waals surface area (Å²) in [5, 5.41) is 0. The Balaban J connectivity index is 2.36. The number of hydrogen-bond donors (Lipinski definition) is 1. The molecule has 1 atom stereocenters. The maximum absolute atomic E-state index is 14.0. The molecule has 6 heteroatoms. The molecule has 2 rings (SSSR count). The van der Waals surface area contributed by atoms with E-state index < -0.39 is 11.8 Å². The third kappa shape index (κ3) is 2.78. The topological polar surface area (TPSA) is 55.6 Å². The van der Waals surface area contributed by atoms with Gasteiger partial charge < -0.3 is 15.4 Å². The molecule has 0 amide bonds. The molecular weight excluding hydrogens is 267 g/mol. The lowest BCUT2D eigenvalue weighted by molar-refractivity contribution is 0.0602. The number of anilines is 2. The minimum absolute atomic E-state index is 0.0993. The predicted molar refractivity (Wildman–Crippen MR) is 76.3 cm³/mol. The van der Waals surface area contributed by atoms with Gasteiger partial charge >= 0.3 is 5.97 Å². The molecule has 1 heterocycles. The smallest absolute Gasteiger partial charge is 0.340 e. The van der Waals surface area contributed by atoms with E-state index in [-0.39, 0.29) is 17.3 Å². The van der Waals surface area contributed by atoms with E-state index in [0.29, 0.717) is 5.69 Å². The number of thioether (sulfide) groups is 1. The Hall–Kier alpha value is -1.43. The first-order chi connectivity index (χ1) is 9.04. The van der Waals surface area contributed by atoms with Crippen molar-refractivity contribution in [1.29, 1.82) is 0 Å². The number of hydrogen-bond acceptors (Lipinski definition) is 5. The van der Waals surface area contributed by atoms with Crippen molar-refractivity contribution in [3.63, 3.8) is 0 Å². The number of nitrogens with zero attached hydrogens (tertiary/aromatic N) is 1. The Morgan fingerprint density at radius 1 is 1.58 bits per heavy atom. The van der Waals surface area contributed by atoms with Crippen LogP contribution in [0.1, 0.15) is 16.8 Å². The van der Waals surface area contributed by atoms with Gasteiger partial charge in [-0.05, 0) is 24.3 Å². The van der Waals surface area contributed by atoms with Crippen LogP contribution in [0.2, 0.25) is 0 Å². The van der Waals surface area contributed by atoms with E-state index in [1.54, 1.807) is 0 Å². The van der Waals surface area contributed by atoms with Crippen molar-refractivity contribution in [1.82, 2.24) is 0 Å². The fourth-order valence-corrected chi connectivity index (χ4v) is 3.43. The van der Waals surface area contributed by atoms with Crippen molar-refractivity contribution in [2.24, 2.45) is 0 Å². The summed E-state index contributed by atoms with van der Waals surface area (Å²) in [5.41, 5.74) is 6.35. The highest BCUT2D eigenvalue weighted by molar-refractivity contribution is 7.99. The van der Waals surface area contributed by atoms with E-state index in [2.05, 4.69) is 4.74 Å². The van der Waals surface area contributed by atoms with Crippen LogP contribution in [-0.4, -0.2) is 37.7 Å². The number of esters is 1. The van der Waals surface area contributed by atoms with Crippen LogP contribution in [0.4, 0.5) is 15.8 Å². The van der Waals surface area contributed by atoms with Gasteiger partial charge in [0.25, 0.3) is 0 Å². The number of carbonyl (C=O) groups is 1. The Morgan fingerprint density at radius 3 is 2.89 bits per heavy atom. The van der Waals surface area contributed by atoms with E-state index in [1.165, 1.54) is 19.2 Å². The van der Waals surface area contributed by atoms with Crippen molar-refractivity contribution in [3.05, 3.63) is 23.5 Å². The molecule has 1 saturated heterocycles. The Labute approximate surface area is 116 Å². The van der Waals surface area contributed by atoms with Crippen LogP contribution in [-0.2, 0) is 4.74 Å². The third-order valence-corrected chi connectivity index (χ3v) is 4.50. The number of ether oxygens (including phenoxy) is 1. The predicted octanol–water partition coefficient (Wildman–Crippen LogP) is 2.14. The van der Waals surface area contributed by atoms with Crippen LogP contribution in [0.25, 0.3) is 0 Å². The van der Waals surface area contributed by atoms with Gasteiger partial charge in [0.1, 0.15) is 5.82 Å². The maximum Gasteiger partial charge on any atom is 0.340 e. The number of halogens is 1. The highest BCUT2D eigenvalue weighted by Gasteiger charge is 2.24. The lowest BCUT2D eigenvalue weighted by Crippen LogP contribution is -2.32. The van der Waals surface area contributed by atoms with Crippen LogP contribution in [0, 0.1) is 5.82 Å². The summed E-state index contributed by atoms with van der Waals surface area (Å²) in [4.78, 5) is 13.5. The average Bonchev–Trinajstić information content (AvgIpc) is 2.91. The van der Waals surface area contributed by atoms with Gasteiger partial charge in [0.05, 0.1) is 18.4 Å².